The molecule has 0 atom stereocenters. The van der Waals surface area contributed by atoms with E-state index in [1.807, 2.05) is 36.4 Å². The maximum atomic E-state index is 6.45. The van der Waals surface area contributed by atoms with Crippen molar-refractivity contribution in [3.8, 4) is 5.69 Å². The second-order valence-corrected chi connectivity index (χ2v) is 9.87. The molecule has 7 nitrogen and oxygen atoms in total. The normalized spacial score (nSPS) is 14.1. The predicted octanol–water partition coefficient (Wildman–Crippen LogP) is 6.05. The Labute approximate surface area is 214 Å². The van der Waals surface area contributed by atoms with Crippen LogP contribution in [-0.2, 0) is 0 Å². The Balaban J connectivity index is 1.33. The zero-order valence-electron chi connectivity index (χ0n) is 20.2. The van der Waals surface area contributed by atoms with Crippen molar-refractivity contribution in [3.63, 3.8) is 0 Å². The summed E-state index contributed by atoms with van der Waals surface area (Å²) in [5.41, 5.74) is 5.76. The van der Waals surface area contributed by atoms with Crippen LogP contribution in [0.4, 0.5) is 11.4 Å². The highest BCUT2D eigenvalue weighted by Gasteiger charge is 2.36. The fourth-order valence-electron chi connectivity index (χ4n) is 4.54. The first-order valence-corrected chi connectivity index (χ1v) is 12.8. The summed E-state index contributed by atoms with van der Waals surface area (Å²) in [4.78, 5) is 4.81. The Kier molecular flexibility index (Phi) is 5.95. The van der Waals surface area contributed by atoms with Crippen molar-refractivity contribution in [2.75, 3.05) is 22.9 Å². The third-order valence-electron chi connectivity index (χ3n) is 6.39. The average molecular weight is 495 g/mol. The number of tetrazole rings is 1. The molecule has 0 radical (unpaired) electrons. The van der Waals surface area contributed by atoms with Crippen molar-refractivity contribution in [2.45, 2.75) is 30.3 Å². The van der Waals surface area contributed by atoms with E-state index in [1.54, 1.807) is 4.68 Å². The van der Waals surface area contributed by atoms with E-state index in [4.69, 9.17) is 4.42 Å². The molecule has 1 saturated heterocycles. The lowest BCUT2D eigenvalue weighted by atomic mass is 10.2. The minimum absolute atomic E-state index is 0.0603. The van der Waals surface area contributed by atoms with E-state index in [1.165, 1.54) is 34.3 Å². The summed E-state index contributed by atoms with van der Waals surface area (Å²) in [6.07, 6.45) is -0.0603. The van der Waals surface area contributed by atoms with Crippen molar-refractivity contribution in [3.05, 3.63) is 108 Å². The quantitative estimate of drug-likeness (QED) is 0.285. The van der Waals surface area contributed by atoms with Crippen LogP contribution >= 0.6 is 11.8 Å². The molecule has 8 heteroatoms. The number of aryl methyl sites for hydroxylation is 2. The van der Waals surface area contributed by atoms with Gasteiger partial charge in [-0.3, -0.25) is 0 Å². The number of rotatable bonds is 6. The Bertz CT molecular complexity index is 1390. The molecule has 1 aliphatic rings. The first-order chi connectivity index (χ1) is 17.7. The van der Waals surface area contributed by atoms with Gasteiger partial charge in [0.1, 0.15) is 5.76 Å². The Morgan fingerprint density at radius 2 is 1.33 bits per heavy atom. The van der Waals surface area contributed by atoms with Gasteiger partial charge in [0, 0.05) is 24.5 Å². The molecule has 0 aliphatic carbocycles. The van der Waals surface area contributed by atoms with Gasteiger partial charge in [0.05, 0.1) is 5.69 Å². The summed E-state index contributed by atoms with van der Waals surface area (Å²) >= 11 is 1.42. The molecule has 1 aliphatic heterocycles. The molecule has 1 fully saturated rings. The van der Waals surface area contributed by atoms with Gasteiger partial charge in [0.15, 0.2) is 11.3 Å². The molecule has 2 aromatic heterocycles. The lowest BCUT2D eigenvalue weighted by Gasteiger charge is -2.31. The molecule has 0 saturated carbocycles. The molecule has 3 heterocycles. The number of aromatic nitrogens is 4. The summed E-state index contributed by atoms with van der Waals surface area (Å²) in [7, 11) is 0. The van der Waals surface area contributed by atoms with Gasteiger partial charge >= 0.3 is 0 Å². The first-order valence-electron chi connectivity index (χ1n) is 11.9. The fourth-order valence-corrected chi connectivity index (χ4v) is 5.30. The van der Waals surface area contributed by atoms with Gasteiger partial charge in [0.25, 0.3) is 0 Å². The SMILES string of the molecule is Cc1ccc(N2CCN(c3ccc(C)cc3)C2c2ccc(Sc3nnnn3-c3ccccc3)o2)cc1. The van der Waals surface area contributed by atoms with E-state index in [0.717, 1.165) is 29.6 Å². The molecule has 0 bridgehead atoms. The number of hydrogen-bond donors (Lipinski definition) is 0. The highest BCUT2D eigenvalue weighted by atomic mass is 32.2. The van der Waals surface area contributed by atoms with Crippen LogP contribution < -0.4 is 9.80 Å². The van der Waals surface area contributed by atoms with E-state index >= 15 is 0 Å². The summed E-state index contributed by atoms with van der Waals surface area (Å²) < 4.78 is 8.18. The van der Waals surface area contributed by atoms with Gasteiger partial charge in [-0.05, 0) is 84.6 Å². The summed E-state index contributed by atoms with van der Waals surface area (Å²) in [5, 5.41) is 13.7. The van der Waals surface area contributed by atoms with E-state index in [9.17, 15) is 0 Å². The van der Waals surface area contributed by atoms with E-state index in [0.29, 0.717) is 5.16 Å². The van der Waals surface area contributed by atoms with Crippen LogP contribution in [0.2, 0.25) is 0 Å². The van der Waals surface area contributed by atoms with Gasteiger partial charge in [-0.15, -0.1) is 5.10 Å². The van der Waals surface area contributed by atoms with Gasteiger partial charge in [0.2, 0.25) is 5.16 Å². The minimum atomic E-state index is -0.0603. The predicted molar refractivity (Wildman–Crippen MR) is 142 cm³/mol. The number of furan rings is 1. The van der Waals surface area contributed by atoms with Crippen LogP contribution in [0.15, 0.2) is 106 Å². The van der Waals surface area contributed by atoms with Crippen molar-refractivity contribution >= 4 is 23.1 Å². The highest BCUT2D eigenvalue weighted by molar-refractivity contribution is 7.99. The summed E-state index contributed by atoms with van der Waals surface area (Å²) in [6, 6.07) is 31.3. The Morgan fingerprint density at radius 3 is 1.94 bits per heavy atom. The highest BCUT2D eigenvalue weighted by Crippen LogP contribution is 2.40. The summed E-state index contributed by atoms with van der Waals surface area (Å²) in [5.74, 6) is 0.884. The van der Waals surface area contributed by atoms with E-state index in [-0.39, 0.29) is 6.17 Å². The number of benzene rings is 3. The lowest BCUT2D eigenvalue weighted by molar-refractivity contribution is 0.403. The third kappa shape index (κ3) is 4.35. The maximum absolute atomic E-state index is 6.45. The zero-order valence-corrected chi connectivity index (χ0v) is 21.0. The average Bonchev–Trinajstić information content (AvgIpc) is 3.66. The van der Waals surface area contributed by atoms with Gasteiger partial charge in [-0.2, -0.15) is 4.68 Å². The second kappa shape index (κ2) is 9.54. The van der Waals surface area contributed by atoms with Crippen molar-refractivity contribution in [1.82, 2.24) is 20.2 Å². The van der Waals surface area contributed by atoms with Gasteiger partial charge in [-0.1, -0.05) is 53.6 Å². The maximum Gasteiger partial charge on any atom is 0.221 e. The van der Waals surface area contributed by atoms with E-state index in [2.05, 4.69) is 93.8 Å². The molecular weight excluding hydrogens is 468 g/mol. The number of para-hydroxylation sites is 1. The van der Waals surface area contributed by atoms with Crippen LogP contribution in [-0.4, -0.2) is 33.3 Å². The lowest BCUT2D eigenvalue weighted by Crippen LogP contribution is -2.30. The number of nitrogens with zero attached hydrogens (tertiary/aromatic N) is 6. The molecule has 0 spiro atoms. The molecule has 36 heavy (non-hydrogen) atoms. The van der Waals surface area contributed by atoms with Crippen molar-refractivity contribution in [1.29, 1.82) is 0 Å². The molecule has 3 aromatic carbocycles. The molecule has 6 rings (SSSR count). The largest absolute Gasteiger partial charge is 0.450 e. The Hall–Kier alpha value is -4.04. The van der Waals surface area contributed by atoms with Crippen molar-refractivity contribution < 1.29 is 4.42 Å². The van der Waals surface area contributed by atoms with Crippen LogP contribution in [0.3, 0.4) is 0 Å². The van der Waals surface area contributed by atoms with Crippen LogP contribution in [0.25, 0.3) is 5.69 Å². The fraction of sp³-hybridized carbons (Fsp3) is 0.179. The topological polar surface area (TPSA) is 63.2 Å². The Morgan fingerprint density at radius 1 is 0.722 bits per heavy atom. The minimum Gasteiger partial charge on any atom is -0.450 e. The standard InChI is InChI=1S/C28H26N6OS/c1-20-8-12-22(13-9-20)32-18-19-33(23-14-10-21(2)11-15-23)27(32)25-16-17-26(35-25)36-28-29-30-31-34(28)24-6-4-3-5-7-24/h3-17,27H,18-19H2,1-2H3. The van der Waals surface area contributed by atoms with Gasteiger partial charge < -0.3 is 14.2 Å². The zero-order chi connectivity index (χ0) is 24.5. The van der Waals surface area contributed by atoms with Crippen LogP contribution in [0, 0.1) is 13.8 Å². The van der Waals surface area contributed by atoms with E-state index < -0.39 is 0 Å². The molecule has 0 N–H and O–H groups in total. The molecular formula is C28H26N6OS. The second-order valence-electron chi connectivity index (χ2n) is 8.90. The number of anilines is 2. The summed E-state index contributed by atoms with van der Waals surface area (Å²) in [6.45, 7) is 6.03. The monoisotopic (exact) mass is 494 g/mol. The molecule has 0 unspecified atom stereocenters. The van der Waals surface area contributed by atoms with Crippen LogP contribution in [0.5, 0.6) is 0 Å². The smallest absolute Gasteiger partial charge is 0.221 e. The molecule has 180 valence electrons. The molecule has 5 aromatic rings. The van der Waals surface area contributed by atoms with Gasteiger partial charge in [-0.25, -0.2) is 0 Å². The van der Waals surface area contributed by atoms with Crippen molar-refractivity contribution in [2.24, 2.45) is 0 Å². The first kappa shape index (κ1) is 22.4. The third-order valence-corrected chi connectivity index (χ3v) is 7.25. The molecule has 0 amide bonds. The number of hydrogen-bond acceptors (Lipinski definition) is 7. The van der Waals surface area contributed by atoms with Crippen LogP contribution in [0.1, 0.15) is 23.1 Å².